The van der Waals surface area contributed by atoms with Gasteiger partial charge in [-0.2, -0.15) is 5.26 Å². The normalized spacial score (nSPS) is 12.9. The number of carbonyl (C=O) groups excluding carboxylic acids is 1. The van der Waals surface area contributed by atoms with Crippen LogP contribution in [0.4, 0.5) is 4.79 Å². The molecule has 11 heteroatoms. The molecule has 9 nitrogen and oxygen atoms in total. The van der Waals surface area contributed by atoms with E-state index in [0.717, 1.165) is 34.4 Å². The van der Waals surface area contributed by atoms with Crippen molar-refractivity contribution >= 4 is 37.0 Å². The molecule has 0 radical (unpaired) electrons. The van der Waals surface area contributed by atoms with Crippen molar-refractivity contribution < 1.29 is 24.1 Å². The Hall–Kier alpha value is -2.26. The largest absolute Gasteiger partial charge is 0.490 e. The van der Waals surface area contributed by atoms with Gasteiger partial charge in [0.2, 0.25) is 0 Å². The average molecular weight is 523 g/mol. The number of ether oxygens (including phenoxy) is 3. The number of hydrogen-bond donors (Lipinski definition) is 2. The number of aromatic nitrogens is 2. The van der Waals surface area contributed by atoms with Crippen LogP contribution in [-0.4, -0.2) is 66.0 Å². The van der Waals surface area contributed by atoms with Crippen molar-refractivity contribution in [2.45, 2.75) is 76.5 Å². The number of thioether (sulfide) groups is 1. The Morgan fingerprint density at radius 3 is 2.74 bits per heavy atom. The molecule has 194 valence electrons. The number of carbonyl (C=O) groups is 1. The number of fused-ring (bicyclic) bond motifs is 1. The molecule has 2 aromatic rings. The lowest BCUT2D eigenvalue weighted by atomic mass is 10.2. The summed E-state index contributed by atoms with van der Waals surface area (Å²) in [6.45, 7) is 13.9. The fourth-order valence-corrected chi connectivity index (χ4v) is 4.59. The zero-order valence-electron chi connectivity index (χ0n) is 21.6. The van der Waals surface area contributed by atoms with Gasteiger partial charge in [0.15, 0.2) is 11.3 Å². The van der Waals surface area contributed by atoms with Crippen LogP contribution < -0.4 is 10.1 Å². The van der Waals surface area contributed by atoms with Crippen LogP contribution in [0.2, 0.25) is 25.7 Å². The molecule has 0 bridgehead atoms. The Balaban J connectivity index is 2.05. The molecule has 1 aromatic carbocycles. The molecule has 1 atom stereocenters. The van der Waals surface area contributed by atoms with Crippen LogP contribution in [-0.2, 0) is 16.2 Å². The van der Waals surface area contributed by atoms with Gasteiger partial charge >= 0.3 is 6.09 Å². The Labute approximate surface area is 213 Å². The molecule has 0 saturated carbocycles. The number of hydrogen-bond acceptors (Lipinski definition) is 8. The van der Waals surface area contributed by atoms with Crippen LogP contribution in [0, 0.1) is 11.3 Å². The lowest BCUT2D eigenvalue weighted by Gasteiger charge is -2.19. The SMILES string of the molecule is CC(C)(C)OC(=O)NCCCSc1nc2ccc(OCC(O)C#N)cc2n1COCC[Si](C)(C)C. The predicted octanol–water partition coefficient (Wildman–Crippen LogP) is 4.62. The van der Waals surface area contributed by atoms with Crippen molar-refractivity contribution in [3.8, 4) is 11.8 Å². The van der Waals surface area contributed by atoms with Crippen molar-refractivity contribution in [2.24, 2.45) is 0 Å². The second-order valence-corrected chi connectivity index (χ2v) is 17.1. The highest BCUT2D eigenvalue weighted by Gasteiger charge is 2.17. The van der Waals surface area contributed by atoms with Gasteiger partial charge in [0.05, 0.1) is 17.1 Å². The van der Waals surface area contributed by atoms with Gasteiger partial charge in [0, 0.05) is 33.0 Å². The van der Waals surface area contributed by atoms with E-state index in [-0.39, 0.29) is 6.61 Å². The van der Waals surface area contributed by atoms with Gasteiger partial charge in [-0.25, -0.2) is 9.78 Å². The number of amides is 1. The van der Waals surface area contributed by atoms with Gasteiger partial charge in [-0.1, -0.05) is 31.4 Å². The highest BCUT2D eigenvalue weighted by atomic mass is 32.2. The number of benzene rings is 1. The van der Waals surface area contributed by atoms with E-state index in [0.29, 0.717) is 25.6 Å². The van der Waals surface area contributed by atoms with Crippen molar-refractivity contribution in [2.75, 3.05) is 25.5 Å². The lowest BCUT2D eigenvalue weighted by Crippen LogP contribution is -2.33. The zero-order valence-corrected chi connectivity index (χ0v) is 23.4. The monoisotopic (exact) mass is 522 g/mol. The van der Waals surface area contributed by atoms with Crippen LogP contribution in [0.25, 0.3) is 11.0 Å². The highest BCUT2D eigenvalue weighted by Crippen LogP contribution is 2.28. The molecule has 0 aliphatic carbocycles. The molecule has 0 saturated heterocycles. The number of aliphatic hydroxyl groups is 1. The maximum atomic E-state index is 11.8. The van der Waals surface area contributed by atoms with Crippen molar-refractivity contribution in [1.29, 1.82) is 5.26 Å². The smallest absolute Gasteiger partial charge is 0.407 e. The Morgan fingerprint density at radius 1 is 1.34 bits per heavy atom. The van der Waals surface area contributed by atoms with Crippen LogP contribution >= 0.6 is 11.8 Å². The van der Waals surface area contributed by atoms with E-state index < -0.39 is 25.9 Å². The quantitative estimate of drug-likeness (QED) is 0.169. The molecular formula is C24H38N4O5SSi. The molecule has 0 aliphatic rings. The Kier molecular flexibility index (Phi) is 10.9. The maximum Gasteiger partial charge on any atom is 0.407 e. The lowest BCUT2D eigenvalue weighted by molar-refractivity contribution is 0.0528. The fraction of sp³-hybridized carbons (Fsp3) is 0.625. The second kappa shape index (κ2) is 13.2. The molecule has 2 rings (SSSR count). The summed E-state index contributed by atoms with van der Waals surface area (Å²) in [7, 11) is -1.21. The summed E-state index contributed by atoms with van der Waals surface area (Å²) in [5.41, 5.74) is 1.15. The minimum absolute atomic E-state index is 0.102. The first-order chi connectivity index (χ1) is 16.4. The minimum atomic E-state index is -1.21. The number of nitriles is 1. The number of nitrogens with zero attached hydrogens (tertiary/aromatic N) is 3. The molecule has 1 amide bonds. The summed E-state index contributed by atoms with van der Waals surface area (Å²) in [4.78, 5) is 16.6. The van der Waals surface area contributed by atoms with Crippen molar-refractivity contribution in [3.63, 3.8) is 0 Å². The number of rotatable bonds is 13. The fourth-order valence-electron chi connectivity index (χ4n) is 2.89. The molecule has 35 heavy (non-hydrogen) atoms. The Morgan fingerprint density at radius 2 is 2.09 bits per heavy atom. The van der Waals surface area contributed by atoms with Crippen molar-refractivity contribution in [3.05, 3.63) is 18.2 Å². The van der Waals surface area contributed by atoms with Gasteiger partial charge in [-0.05, 0) is 45.4 Å². The van der Waals surface area contributed by atoms with Crippen molar-refractivity contribution in [1.82, 2.24) is 14.9 Å². The number of imidazole rings is 1. The van der Waals surface area contributed by atoms with E-state index >= 15 is 0 Å². The summed E-state index contributed by atoms with van der Waals surface area (Å²) >= 11 is 1.59. The van der Waals surface area contributed by atoms with E-state index in [1.165, 1.54) is 0 Å². The van der Waals surface area contributed by atoms with E-state index in [1.807, 2.05) is 37.5 Å². The topological polar surface area (TPSA) is 119 Å². The summed E-state index contributed by atoms with van der Waals surface area (Å²) in [5, 5.41) is 21.8. The first kappa shape index (κ1) is 29.0. The molecule has 2 N–H and O–H groups in total. The van der Waals surface area contributed by atoms with E-state index in [1.54, 1.807) is 23.9 Å². The summed E-state index contributed by atoms with van der Waals surface area (Å²) < 4.78 is 18.8. The van der Waals surface area contributed by atoms with Crippen LogP contribution in [0.5, 0.6) is 5.75 Å². The van der Waals surface area contributed by atoms with E-state index in [4.69, 9.17) is 24.5 Å². The zero-order chi connectivity index (χ0) is 26.1. The first-order valence-corrected chi connectivity index (χ1v) is 16.5. The number of aliphatic hydroxyl groups excluding tert-OH is 1. The Bertz CT molecular complexity index is 1010. The molecule has 1 unspecified atom stereocenters. The van der Waals surface area contributed by atoms with Gasteiger partial charge < -0.3 is 24.6 Å². The minimum Gasteiger partial charge on any atom is -0.490 e. The second-order valence-electron chi connectivity index (χ2n) is 10.4. The van der Waals surface area contributed by atoms with Gasteiger partial charge in [0.1, 0.15) is 24.7 Å². The number of nitrogens with one attached hydrogen (secondary N) is 1. The standard InChI is InChI=1S/C24H38N4O5SSi/c1-24(2,3)33-23(30)26-10-7-12-34-22-27-20-9-8-19(32-16-18(29)15-25)14-21(20)28(22)17-31-11-13-35(4,5)6/h8-9,14,18,29H,7,10-13,16-17H2,1-6H3,(H,26,30). The van der Waals surface area contributed by atoms with Gasteiger partial charge in [-0.15, -0.1) is 0 Å². The van der Waals surface area contributed by atoms with Crippen LogP contribution in [0.1, 0.15) is 27.2 Å². The summed E-state index contributed by atoms with van der Waals surface area (Å²) in [5.74, 6) is 1.30. The third-order valence-corrected chi connectivity index (χ3v) is 7.45. The predicted molar refractivity (Wildman–Crippen MR) is 141 cm³/mol. The molecule has 0 spiro atoms. The molecule has 1 aromatic heterocycles. The summed E-state index contributed by atoms with van der Waals surface area (Å²) in [6.07, 6.45) is -0.843. The van der Waals surface area contributed by atoms with Gasteiger partial charge in [-0.3, -0.25) is 4.57 Å². The average Bonchev–Trinajstić information content (AvgIpc) is 3.09. The van der Waals surface area contributed by atoms with Gasteiger partial charge in [0.25, 0.3) is 0 Å². The highest BCUT2D eigenvalue weighted by molar-refractivity contribution is 7.99. The van der Waals surface area contributed by atoms with E-state index in [9.17, 15) is 9.90 Å². The third kappa shape index (κ3) is 10.9. The molecular weight excluding hydrogens is 484 g/mol. The van der Waals surface area contributed by atoms with E-state index in [2.05, 4.69) is 25.0 Å². The molecule has 0 aliphatic heterocycles. The summed E-state index contributed by atoms with van der Waals surface area (Å²) in [6, 6.07) is 8.29. The molecule has 0 fully saturated rings. The van der Waals surface area contributed by atoms with Crippen LogP contribution in [0.15, 0.2) is 23.4 Å². The maximum absolute atomic E-state index is 11.8. The van der Waals surface area contributed by atoms with Crippen LogP contribution in [0.3, 0.4) is 0 Å². The molecule has 1 heterocycles. The number of alkyl carbamates (subject to hydrolysis) is 1. The first-order valence-electron chi connectivity index (χ1n) is 11.8. The third-order valence-electron chi connectivity index (χ3n) is 4.68.